The molecule has 0 N–H and O–H groups in total. The van der Waals surface area contributed by atoms with Gasteiger partial charge in [-0.25, -0.2) is 4.79 Å². The van der Waals surface area contributed by atoms with Gasteiger partial charge in [-0.05, 0) is 19.4 Å². The van der Waals surface area contributed by atoms with Crippen LogP contribution in [0.3, 0.4) is 0 Å². The number of aryl methyl sites for hydroxylation is 1. The maximum absolute atomic E-state index is 13.2. The molecule has 1 aliphatic carbocycles. The second kappa shape index (κ2) is 5.61. The number of ether oxygens (including phenoxy) is 2. The number of esters is 1. The second-order valence-corrected chi connectivity index (χ2v) is 6.70. The van der Waals surface area contributed by atoms with Gasteiger partial charge in [-0.1, -0.05) is 54.1 Å². The molecule has 0 spiro atoms. The molecule has 0 bridgehead atoms. The molecule has 1 heterocycles. The van der Waals surface area contributed by atoms with E-state index in [2.05, 4.69) is 0 Å². The van der Waals surface area contributed by atoms with E-state index in [9.17, 15) is 14.4 Å². The Hall–Kier alpha value is -2.79. The highest BCUT2D eigenvalue weighted by Gasteiger charge is 2.85. The Bertz CT molecular complexity index is 930. The van der Waals surface area contributed by atoms with Gasteiger partial charge in [-0.2, -0.15) is 0 Å². The molecule has 2 unspecified atom stereocenters. The van der Waals surface area contributed by atoms with Crippen LogP contribution in [-0.4, -0.2) is 35.3 Å². The quantitative estimate of drug-likeness (QED) is 0.482. The van der Waals surface area contributed by atoms with Crippen LogP contribution in [-0.2, 0) is 20.7 Å². The van der Waals surface area contributed by atoms with E-state index in [1.807, 2.05) is 31.2 Å². The van der Waals surface area contributed by atoms with Gasteiger partial charge in [-0.15, -0.1) is 0 Å². The summed E-state index contributed by atoms with van der Waals surface area (Å²) >= 11 is 0. The van der Waals surface area contributed by atoms with Crippen molar-refractivity contribution in [3.63, 3.8) is 0 Å². The fourth-order valence-electron chi connectivity index (χ4n) is 3.72. The molecule has 5 heteroatoms. The molecule has 1 aliphatic heterocycles. The smallest absolute Gasteiger partial charge is 0.350 e. The van der Waals surface area contributed by atoms with Crippen molar-refractivity contribution in [1.82, 2.24) is 0 Å². The van der Waals surface area contributed by atoms with Crippen LogP contribution in [0.1, 0.15) is 38.8 Å². The highest BCUT2D eigenvalue weighted by atomic mass is 16.7. The van der Waals surface area contributed by atoms with Crippen LogP contribution in [0.5, 0.6) is 0 Å². The molecule has 4 rings (SSSR count). The summed E-state index contributed by atoms with van der Waals surface area (Å²) in [5.41, 5.74) is -0.998. The van der Waals surface area contributed by atoms with Gasteiger partial charge in [0.05, 0.1) is 6.61 Å². The fourth-order valence-corrected chi connectivity index (χ4v) is 3.72. The minimum Gasteiger partial charge on any atom is -0.463 e. The van der Waals surface area contributed by atoms with Crippen LogP contribution in [0.15, 0.2) is 48.5 Å². The molecule has 132 valence electrons. The van der Waals surface area contributed by atoms with E-state index in [1.165, 1.54) is 0 Å². The van der Waals surface area contributed by atoms with E-state index in [0.717, 1.165) is 11.1 Å². The predicted molar refractivity (Wildman–Crippen MR) is 93.2 cm³/mol. The van der Waals surface area contributed by atoms with E-state index in [-0.39, 0.29) is 24.4 Å². The number of benzene rings is 2. The normalized spacial score (nSPS) is 26.1. The zero-order valence-corrected chi connectivity index (χ0v) is 14.6. The molecule has 2 aliphatic rings. The van der Waals surface area contributed by atoms with E-state index < -0.39 is 23.0 Å². The van der Waals surface area contributed by atoms with Gasteiger partial charge >= 0.3 is 5.97 Å². The lowest BCUT2D eigenvalue weighted by Crippen LogP contribution is -2.51. The fraction of sp³-hybridized carbons (Fsp3) is 0.286. The maximum Gasteiger partial charge on any atom is 0.350 e. The molecule has 0 saturated carbocycles. The Morgan fingerprint density at radius 2 is 1.62 bits per heavy atom. The summed E-state index contributed by atoms with van der Waals surface area (Å²) in [4.78, 5) is 39.0. The number of hydrogen-bond acceptors (Lipinski definition) is 5. The summed E-state index contributed by atoms with van der Waals surface area (Å²) in [6.07, 6.45) is 0.144. The minimum absolute atomic E-state index is 0.105. The lowest BCUT2D eigenvalue weighted by Gasteiger charge is -2.23. The summed E-state index contributed by atoms with van der Waals surface area (Å²) in [7, 11) is 0. The molecule has 0 aromatic heterocycles. The van der Waals surface area contributed by atoms with Crippen molar-refractivity contribution in [2.75, 3.05) is 6.61 Å². The van der Waals surface area contributed by atoms with Gasteiger partial charge in [0.2, 0.25) is 5.78 Å². The first-order chi connectivity index (χ1) is 12.5. The zero-order chi connectivity index (χ0) is 18.5. The van der Waals surface area contributed by atoms with Gasteiger partial charge < -0.3 is 9.47 Å². The van der Waals surface area contributed by atoms with Crippen LogP contribution in [0.4, 0.5) is 0 Å². The number of rotatable bonds is 4. The summed E-state index contributed by atoms with van der Waals surface area (Å²) in [6, 6.07) is 14.1. The Morgan fingerprint density at radius 3 is 2.23 bits per heavy atom. The standard InChI is InChI=1S/C21H18O5/c1-3-25-19(24)21-18(23)16-7-5-4-6-15(16)17(22)20(21,26-21)12-14-10-8-13(2)9-11-14/h4-11H,3,12H2,1-2H3. The molecule has 2 atom stereocenters. The Kier molecular flexibility index (Phi) is 3.59. The maximum atomic E-state index is 13.2. The zero-order valence-electron chi connectivity index (χ0n) is 14.6. The van der Waals surface area contributed by atoms with Crippen molar-refractivity contribution in [2.24, 2.45) is 0 Å². The molecule has 2 aromatic rings. The highest BCUT2D eigenvalue weighted by molar-refractivity contribution is 6.32. The van der Waals surface area contributed by atoms with Gasteiger partial charge in [0.25, 0.3) is 5.60 Å². The Labute approximate surface area is 150 Å². The SMILES string of the molecule is CCOC(=O)C12OC1(Cc1ccc(C)cc1)C(=O)c1ccccc1C2=O. The van der Waals surface area contributed by atoms with Gasteiger partial charge in [0.1, 0.15) is 0 Å². The molecular formula is C21H18O5. The third kappa shape index (κ3) is 2.04. The first kappa shape index (κ1) is 16.7. The van der Waals surface area contributed by atoms with Crippen molar-refractivity contribution in [3.05, 3.63) is 70.8 Å². The molecule has 2 aromatic carbocycles. The van der Waals surface area contributed by atoms with E-state index >= 15 is 0 Å². The topological polar surface area (TPSA) is 73.0 Å². The first-order valence-corrected chi connectivity index (χ1v) is 8.58. The number of hydrogen-bond donors (Lipinski definition) is 0. The molecular weight excluding hydrogens is 332 g/mol. The summed E-state index contributed by atoms with van der Waals surface area (Å²) in [6.45, 7) is 3.72. The van der Waals surface area contributed by atoms with Crippen LogP contribution in [0, 0.1) is 6.92 Å². The Balaban J connectivity index is 1.84. The van der Waals surface area contributed by atoms with Crippen molar-refractivity contribution >= 4 is 17.5 Å². The first-order valence-electron chi connectivity index (χ1n) is 8.58. The molecule has 26 heavy (non-hydrogen) atoms. The van der Waals surface area contributed by atoms with Crippen molar-refractivity contribution in [3.8, 4) is 0 Å². The van der Waals surface area contributed by atoms with Crippen LogP contribution < -0.4 is 0 Å². The average Bonchev–Trinajstić information content (AvgIpc) is 3.34. The summed E-state index contributed by atoms with van der Waals surface area (Å²) in [5, 5.41) is 0. The monoisotopic (exact) mass is 350 g/mol. The average molecular weight is 350 g/mol. The minimum atomic E-state index is -1.88. The van der Waals surface area contributed by atoms with Gasteiger partial charge in [-0.3, -0.25) is 9.59 Å². The van der Waals surface area contributed by atoms with Crippen LogP contribution in [0.2, 0.25) is 0 Å². The van der Waals surface area contributed by atoms with E-state index in [0.29, 0.717) is 5.56 Å². The number of carbonyl (C=O) groups is 3. The number of epoxide rings is 1. The lowest BCUT2D eigenvalue weighted by atomic mass is 9.71. The third-order valence-electron chi connectivity index (χ3n) is 5.09. The third-order valence-corrected chi connectivity index (χ3v) is 5.09. The van der Waals surface area contributed by atoms with Crippen LogP contribution in [0.25, 0.3) is 0 Å². The van der Waals surface area contributed by atoms with Gasteiger partial charge in [0, 0.05) is 17.5 Å². The molecule has 0 radical (unpaired) electrons. The van der Waals surface area contributed by atoms with Crippen molar-refractivity contribution < 1.29 is 23.9 Å². The number of Topliss-reactive ketones (excluding diaryl/α,β-unsaturated/α-hetero) is 2. The van der Waals surface area contributed by atoms with Gasteiger partial charge in [0.15, 0.2) is 11.4 Å². The molecule has 1 fully saturated rings. The largest absolute Gasteiger partial charge is 0.463 e. The molecule has 5 nitrogen and oxygen atoms in total. The van der Waals surface area contributed by atoms with Crippen molar-refractivity contribution in [1.29, 1.82) is 0 Å². The highest BCUT2D eigenvalue weighted by Crippen LogP contribution is 2.57. The number of carbonyl (C=O) groups excluding carboxylic acids is 3. The Morgan fingerprint density at radius 1 is 1.00 bits per heavy atom. The number of fused-ring (bicyclic) bond motifs is 2. The molecule has 1 saturated heterocycles. The van der Waals surface area contributed by atoms with E-state index in [4.69, 9.17) is 9.47 Å². The predicted octanol–water partition coefficient (Wildman–Crippen LogP) is 2.69. The summed E-state index contributed by atoms with van der Waals surface area (Å²) < 4.78 is 10.8. The lowest BCUT2D eigenvalue weighted by molar-refractivity contribution is -0.147. The number of ketones is 2. The van der Waals surface area contributed by atoms with Crippen LogP contribution >= 0.6 is 0 Å². The molecule has 0 amide bonds. The summed E-state index contributed by atoms with van der Waals surface area (Å²) in [5.74, 6) is -1.64. The van der Waals surface area contributed by atoms with Crippen molar-refractivity contribution in [2.45, 2.75) is 31.5 Å². The van der Waals surface area contributed by atoms with E-state index in [1.54, 1.807) is 31.2 Å². The second-order valence-electron chi connectivity index (χ2n) is 6.70.